The highest BCUT2D eigenvalue weighted by molar-refractivity contribution is 9.10. The van der Waals surface area contributed by atoms with Gasteiger partial charge in [0, 0.05) is 32.9 Å². The second-order valence-electron chi connectivity index (χ2n) is 6.39. The van der Waals surface area contributed by atoms with Crippen molar-refractivity contribution in [2.75, 3.05) is 0 Å². The monoisotopic (exact) mass is 466 g/mol. The quantitative estimate of drug-likeness (QED) is 0.363. The smallest absolute Gasteiger partial charge is 0.128 e. The Bertz CT molecular complexity index is 1150. The Morgan fingerprint density at radius 2 is 1.79 bits per heavy atom. The fraction of sp³-hybridized carbons (Fsp3) is 0.0435. The van der Waals surface area contributed by atoms with Crippen LogP contribution in [-0.4, -0.2) is 15.1 Å². The van der Waals surface area contributed by atoms with Gasteiger partial charge in [-0.25, -0.2) is 9.97 Å². The molecule has 4 aromatic rings. The van der Waals surface area contributed by atoms with Gasteiger partial charge >= 0.3 is 0 Å². The van der Waals surface area contributed by atoms with E-state index in [0.29, 0.717) is 28.6 Å². The van der Waals surface area contributed by atoms with Gasteiger partial charge in [-0.15, -0.1) is 0 Å². The average Bonchev–Trinajstić information content (AvgIpc) is 2.73. The molecule has 0 radical (unpaired) electrons. The van der Waals surface area contributed by atoms with Crippen LogP contribution < -0.4 is 4.74 Å². The maximum atomic E-state index is 10.6. The zero-order valence-electron chi connectivity index (χ0n) is 15.2. The number of benzene rings is 3. The molecule has 0 spiro atoms. The maximum absolute atomic E-state index is 10.6. The molecule has 1 N–H and O–H groups in total. The van der Waals surface area contributed by atoms with Gasteiger partial charge in [0.15, 0.2) is 0 Å². The lowest BCUT2D eigenvalue weighted by molar-refractivity contribution is 0.304. The minimum atomic E-state index is 0.0886. The Labute approximate surface area is 181 Å². The molecule has 0 aliphatic rings. The van der Waals surface area contributed by atoms with Crippen LogP contribution in [0.5, 0.6) is 11.5 Å². The molecule has 1 aromatic heterocycles. The highest BCUT2D eigenvalue weighted by Crippen LogP contribution is 2.37. The van der Waals surface area contributed by atoms with E-state index in [2.05, 4.69) is 25.9 Å². The van der Waals surface area contributed by atoms with E-state index in [1.165, 1.54) is 6.33 Å². The second-order valence-corrected chi connectivity index (χ2v) is 7.74. The summed E-state index contributed by atoms with van der Waals surface area (Å²) in [6.07, 6.45) is 3.22. The van der Waals surface area contributed by atoms with Gasteiger partial charge in [0.2, 0.25) is 0 Å². The number of halogens is 2. The third kappa shape index (κ3) is 4.58. The van der Waals surface area contributed by atoms with E-state index in [0.717, 1.165) is 21.2 Å². The average molecular weight is 468 g/mol. The molecule has 6 heteroatoms. The highest BCUT2D eigenvalue weighted by atomic mass is 79.9. The van der Waals surface area contributed by atoms with Crippen LogP contribution in [0.1, 0.15) is 5.56 Å². The van der Waals surface area contributed by atoms with Gasteiger partial charge < -0.3 is 9.84 Å². The number of rotatable bonds is 5. The third-order valence-corrected chi connectivity index (χ3v) is 5.15. The first-order valence-corrected chi connectivity index (χ1v) is 10.0. The molecule has 4 rings (SSSR count). The molecule has 3 aromatic carbocycles. The summed E-state index contributed by atoms with van der Waals surface area (Å²) in [5.74, 6) is 0.649. The summed E-state index contributed by atoms with van der Waals surface area (Å²) in [4.78, 5) is 8.55. The first kappa shape index (κ1) is 19.4. The molecule has 0 saturated carbocycles. The summed E-state index contributed by atoms with van der Waals surface area (Å²) >= 11 is 9.45. The van der Waals surface area contributed by atoms with E-state index in [1.807, 2.05) is 54.6 Å². The molecular formula is C23H16BrClN2O2. The molecule has 0 amide bonds. The summed E-state index contributed by atoms with van der Waals surface area (Å²) in [6.45, 7) is 0.358. The number of phenols is 1. The molecule has 0 unspecified atom stereocenters. The molecule has 1 heterocycles. The Morgan fingerprint density at radius 3 is 2.55 bits per heavy atom. The molecular weight excluding hydrogens is 452 g/mol. The van der Waals surface area contributed by atoms with Gasteiger partial charge in [0.05, 0.1) is 5.69 Å². The van der Waals surface area contributed by atoms with E-state index < -0.39 is 0 Å². The number of aromatic hydroxyl groups is 1. The van der Waals surface area contributed by atoms with Gasteiger partial charge in [0.25, 0.3) is 0 Å². The number of ether oxygens (including phenoxy) is 1. The van der Waals surface area contributed by atoms with E-state index in [9.17, 15) is 5.11 Å². The first-order chi connectivity index (χ1) is 14.1. The molecule has 0 aliphatic carbocycles. The lowest BCUT2D eigenvalue weighted by atomic mass is 10.0. The summed E-state index contributed by atoms with van der Waals surface area (Å²) in [5, 5.41) is 11.3. The standard InChI is InChI=1S/C23H16BrClN2O2/c24-17-6-4-16(5-7-17)21-12-26-14-27-23(21)20-9-8-19(11-22(20)28)29-13-15-2-1-3-18(25)10-15/h1-12,14,28H,13H2. The molecule has 0 bridgehead atoms. The maximum Gasteiger partial charge on any atom is 0.128 e. The van der Waals surface area contributed by atoms with Gasteiger partial charge in [-0.3, -0.25) is 0 Å². The predicted octanol–water partition coefficient (Wildman–Crippen LogP) is 6.51. The molecule has 0 atom stereocenters. The van der Waals surface area contributed by atoms with Crippen LogP contribution in [0, 0.1) is 0 Å². The van der Waals surface area contributed by atoms with Crippen molar-refractivity contribution in [3.63, 3.8) is 0 Å². The number of phenolic OH excluding ortho intramolecular Hbond substituents is 1. The molecule has 29 heavy (non-hydrogen) atoms. The van der Waals surface area contributed by atoms with Crippen molar-refractivity contribution in [3.05, 3.63) is 94.3 Å². The van der Waals surface area contributed by atoms with Crippen molar-refractivity contribution in [2.24, 2.45) is 0 Å². The Hall–Kier alpha value is -2.89. The molecule has 0 saturated heterocycles. The van der Waals surface area contributed by atoms with E-state index in [1.54, 1.807) is 18.3 Å². The minimum Gasteiger partial charge on any atom is -0.507 e. The molecule has 144 valence electrons. The first-order valence-electron chi connectivity index (χ1n) is 8.87. The van der Waals surface area contributed by atoms with Crippen molar-refractivity contribution >= 4 is 27.5 Å². The summed E-state index contributed by atoms with van der Waals surface area (Å²) in [5.41, 5.74) is 4.02. The van der Waals surface area contributed by atoms with Gasteiger partial charge in [-0.1, -0.05) is 51.8 Å². The lowest BCUT2D eigenvalue weighted by Crippen LogP contribution is -1.96. The second kappa shape index (κ2) is 8.64. The summed E-state index contributed by atoms with van der Waals surface area (Å²) < 4.78 is 6.78. The zero-order valence-corrected chi connectivity index (χ0v) is 17.6. The van der Waals surface area contributed by atoms with Crippen molar-refractivity contribution in [1.82, 2.24) is 9.97 Å². The third-order valence-electron chi connectivity index (χ3n) is 4.39. The van der Waals surface area contributed by atoms with Crippen LogP contribution >= 0.6 is 27.5 Å². The van der Waals surface area contributed by atoms with Crippen molar-refractivity contribution in [3.8, 4) is 33.9 Å². The lowest BCUT2D eigenvalue weighted by Gasteiger charge is -2.12. The van der Waals surface area contributed by atoms with Gasteiger partial charge in [-0.05, 0) is 47.5 Å². The van der Waals surface area contributed by atoms with Crippen LogP contribution in [0.2, 0.25) is 5.02 Å². The minimum absolute atomic E-state index is 0.0886. The molecule has 0 fully saturated rings. The number of aromatic nitrogens is 2. The van der Waals surface area contributed by atoms with Crippen molar-refractivity contribution < 1.29 is 9.84 Å². The van der Waals surface area contributed by atoms with Crippen LogP contribution in [0.15, 0.2) is 83.7 Å². The normalized spacial score (nSPS) is 10.7. The van der Waals surface area contributed by atoms with Crippen molar-refractivity contribution in [1.29, 1.82) is 0 Å². The number of nitrogens with zero attached hydrogens (tertiary/aromatic N) is 2. The fourth-order valence-corrected chi connectivity index (χ4v) is 3.46. The van der Waals surface area contributed by atoms with Crippen LogP contribution in [0.25, 0.3) is 22.4 Å². The largest absolute Gasteiger partial charge is 0.507 e. The number of hydrogen-bond donors (Lipinski definition) is 1. The van der Waals surface area contributed by atoms with E-state index in [-0.39, 0.29) is 5.75 Å². The fourth-order valence-electron chi connectivity index (χ4n) is 2.98. The Kier molecular flexibility index (Phi) is 5.79. The summed E-state index contributed by atoms with van der Waals surface area (Å²) in [7, 11) is 0. The van der Waals surface area contributed by atoms with Crippen LogP contribution in [0.4, 0.5) is 0 Å². The summed E-state index contributed by atoms with van der Waals surface area (Å²) in [6, 6.07) is 20.5. The van der Waals surface area contributed by atoms with Crippen molar-refractivity contribution in [2.45, 2.75) is 6.61 Å². The Morgan fingerprint density at radius 1 is 0.966 bits per heavy atom. The zero-order chi connectivity index (χ0) is 20.2. The molecule has 4 nitrogen and oxygen atoms in total. The van der Waals surface area contributed by atoms with E-state index >= 15 is 0 Å². The topological polar surface area (TPSA) is 55.2 Å². The van der Waals surface area contributed by atoms with Gasteiger partial charge in [0.1, 0.15) is 24.4 Å². The van der Waals surface area contributed by atoms with Crippen LogP contribution in [0.3, 0.4) is 0 Å². The Balaban J connectivity index is 1.61. The van der Waals surface area contributed by atoms with Crippen LogP contribution in [-0.2, 0) is 6.61 Å². The van der Waals surface area contributed by atoms with E-state index in [4.69, 9.17) is 16.3 Å². The van der Waals surface area contributed by atoms with Gasteiger partial charge in [-0.2, -0.15) is 0 Å². The SMILES string of the molecule is Oc1cc(OCc2cccc(Cl)c2)ccc1-c1ncncc1-c1ccc(Br)cc1. The highest BCUT2D eigenvalue weighted by Gasteiger charge is 2.14. The number of hydrogen-bond acceptors (Lipinski definition) is 4. The predicted molar refractivity (Wildman–Crippen MR) is 118 cm³/mol. The molecule has 0 aliphatic heterocycles.